The van der Waals surface area contributed by atoms with E-state index in [0.29, 0.717) is 11.1 Å². The van der Waals surface area contributed by atoms with Crippen LogP contribution in [0.5, 0.6) is 0 Å². The lowest BCUT2D eigenvalue weighted by atomic mass is 9.93. The summed E-state index contributed by atoms with van der Waals surface area (Å²) in [6, 6.07) is 2.65. The van der Waals surface area contributed by atoms with Crippen LogP contribution in [0.25, 0.3) is 0 Å². The number of fused-ring (bicyclic) bond motifs is 5. The van der Waals surface area contributed by atoms with Crippen molar-refractivity contribution < 1.29 is 0 Å². The van der Waals surface area contributed by atoms with E-state index in [0.717, 1.165) is 29.9 Å². The average molecular weight is 250 g/mol. The molecular formula is C13H16ClN3. The minimum Gasteiger partial charge on any atom is -0.380 e. The number of nitrogens with one attached hydrogen (secondary N) is 1. The summed E-state index contributed by atoms with van der Waals surface area (Å²) in [5, 5.41) is 4.22. The first-order chi connectivity index (χ1) is 8.33. The second-order valence-electron chi connectivity index (χ2n) is 5.48. The zero-order valence-electron chi connectivity index (χ0n) is 9.69. The molecule has 4 rings (SSSR count). The predicted octanol–water partition coefficient (Wildman–Crippen LogP) is 2.77. The topological polar surface area (TPSA) is 28.2 Å². The lowest BCUT2D eigenvalue weighted by Gasteiger charge is -2.35. The smallest absolute Gasteiger partial charge is 0.152 e. The second kappa shape index (κ2) is 3.52. The number of halogens is 1. The summed E-state index contributed by atoms with van der Waals surface area (Å²) in [7, 11) is 0. The molecule has 3 atom stereocenters. The molecule has 1 aliphatic carbocycles. The summed E-state index contributed by atoms with van der Waals surface area (Å²) >= 11 is 5.99. The van der Waals surface area contributed by atoms with Crippen LogP contribution in [0.4, 0.5) is 11.5 Å². The molecular weight excluding hydrogens is 234 g/mol. The van der Waals surface area contributed by atoms with E-state index in [4.69, 9.17) is 11.6 Å². The average Bonchev–Trinajstić information content (AvgIpc) is 2.88. The van der Waals surface area contributed by atoms with E-state index in [1.54, 1.807) is 6.20 Å². The van der Waals surface area contributed by atoms with Gasteiger partial charge in [-0.05, 0) is 30.7 Å². The maximum Gasteiger partial charge on any atom is 0.152 e. The molecule has 4 heteroatoms. The molecule has 0 radical (unpaired) electrons. The summed E-state index contributed by atoms with van der Waals surface area (Å²) in [5.41, 5.74) is 1.11. The predicted molar refractivity (Wildman–Crippen MR) is 69.7 cm³/mol. The van der Waals surface area contributed by atoms with Crippen LogP contribution in [0.15, 0.2) is 12.3 Å². The number of nitrogens with zero attached hydrogens (tertiary/aromatic N) is 2. The number of hydrogen-bond donors (Lipinski definition) is 1. The van der Waals surface area contributed by atoms with Gasteiger partial charge in [0, 0.05) is 19.3 Å². The summed E-state index contributed by atoms with van der Waals surface area (Å²) < 4.78 is 0. The van der Waals surface area contributed by atoms with Crippen molar-refractivity contribution in [3.8, 4) is 0 Å². The van der Waals surface area contributed by atoms with Crippen molar-refractivity contribution in [1.82, 2.24) is 4.98 Å². The summed E-state index contributed by atoms with van der Waals surface area (Å²) in [5.74, 6) is 2.89. The lowest BCUT2D eigenvalue weighted by molar-refractivity contribution is 0.428. The fourth-order valence-corrected chi connectivity index (χ4v) is 4.09. The van der Waals surface area contributed by atoms with Gasteiger partial charge in [0.1, 0.15) is 0 Å². The molecule has 0 spiro atoms. The maximum atomic E-state index is 5.99. The molecule has 2 aliphatic heterocycles. The molecule has 1 saturated heterocycles. The van der Waals surface area contributed by atoms with E-state index in [9.17, 15) is 0 Å². The molecule has 3 heterocycles. The van der Waals surface area contributed by atoms with E-state index < -0.39 is 0 Å². The van der Waals surface area contributed by atoms with E-state index >= 15 is 0 Å². The molecule has 0 amide bonds. The summed E-state index contributed by atoms with van der Waals surface area (Å²) in [6.45, 7) is 2.24. The van der Waals surface area contributed by atoms with Crippen molar-refractivity contribution in [2.75, 3.05) is 23.3 Å². The van der Waals surface area contributed by atoms with Crippen LogP contribution in [0.1, 0.15) is 19.3 Å². The van der Waals surface area contributed by atoms with Crippen molar-refractivity contribution in [3.05, 3.63) is 17.3 Å². The Morgan fingerprint density at radius 3 is 3.29 bits per heavy atom. The SMILES string of the molecule is Clc1cnc2c(c1)NCC1C3CCCC3CN21. The molecule has 2 fully saturated rings. The monoisotopic (exact) mass is 249 g/mol. The molecule has 1 aromatic rings. The highest BCUT2D eigenvalue weighted by molar-refractivity contribution is 6.30. The molecule has 1 saturated carbocycles. The summed E-state index contributed by atoms with van der Waals surface area (Å²) in [4.78, 5) is 7.03. The third kappa shape index (κ3) is 1.38. The minimum absolute atomic E-state index is 0.656. The van der Waals surface area contributed by atoms with Crippen LogP contribution in [-0.2, 0) is 0 Å². The van der Waals surface area contributed by atoms with Gasteiger partial charge in [-0.25, -0.2) is 4.98 Å². The van der Waals surface area contributed by atoms with Gasteiger partial charge in [0.05, 0.1) is 16.8 Å². The Balaban J connectivity index is 1.74. The largest absolute Gasteiger partial charge is 0.380 e. The molecule has 0 aromatic carbocycles. The molecule has 90 valence electrons. The van der Waals surface area contributed by atoms with Gasteiger partial charge in [-0.2, -0.15) is 0 Å². The van der Waals surface area contributed by atoms with Crippen LogP contribution in [0, 0.1) is 11.8 Å². The molecule has 3 aliphatic rings. The van der Waals surface area contributed by atoms with Crippen LogP contribution in [0.2, 0.25) is 5.02 Å². The van der Waals surface area contributed by atoms with Crippen molar-refractivity contribution in [2.45, 2.75) is 25.3 Å². The van der Waals surface area contributed by atoms with Gasteiger partial charge in [0.15, 0.2) is 5.82 Å². The molecule has 0 bridgehead atoms. The fourth-order valence-electron chi connectivity index (χ4n) is 3.93. The highest BCUT2D eigenvalue weighted by Gasteiger charge is 2.46. The van der Waals surface area contributed by atoms with Crippen LogP contribution in [-0.4, -0.2) is 24.1 Å². The first-order valence-corrected chi connectivity index (χ1v) is 6.87. The van der Waals surface area contributed by atoms with Gasteiger partial charge in [-0.3, -0.25) is 0 Å². The molecule has 17 heavy (non-hydrogen) atoms. The molecule has 1 N–H and O–H groups in total. The van der Waals surface area contributed by atoms with Gasteiger partial charge in [0.2, 0.25) is 0 Å². The van der Waals surface area contributed by atoms with Crippen molar-refractivity contribution in [3.63, 3.8) is 0 Å². The first-order valence-electron chi connectivity index (χ1n) is 6.49. The number of anilines is 2. The number of rotatable bonds is 0. The molecule has 1 aromatic heterocycles. The Kier molecular flexibility index (Phi) is 2.07. The van der Waals surface area contributed by atoms with Crippen molar-refractivity contribution >= 4 is 23.1 Å². The quantitative estimate of drug-likeness (QED) is 0.766. The fraction of sp³-hybridized carbons (Fsp3) is 0.615. The highest BCUT2D eigenvalue weighted by atomic mass is 35.5. The van der Waals surface area contributed by atoms with Crippen LogP contribution >= 0.6 is 11.6 Å². The van der Waals surface area contributed by atoms with Crippen molar-refractivity contribution in [2.24, 2.45) is 11.8 Å². The summed E-state index contributed by atoms with van der Waals surface area (Å²) in [6.07, 6.45) is 5.98. The van der Waals surface area contributed by atoms with Gasteiger partial charge < -0.3 is 10.2 Å². The number of hydrogen-bond acceptors (Lipinski definition) is 3. The maximum absolute atomic E-state index is 5.99. The van der Waals surface area contributed by atoms with Gasteiger partial charge in [-0.15, -0.1) is 0 Å². The third-order valence-electron chi connectivity index (χ3n) is 4.65. The Morgan fingerprint density at radius 1 is 1.41 bits per heavy atom. The van der Waals surface area contributed by atoms with Gasteiger partial charge in [0.25, 0.3) is 0 Å². The van der Waals surface area contributed by atoms with Gasteiger partial charge >= 0.3 is 0 Å². The van der Waals surface area contributed by atoms with E-state index in [1.165, 1.54) is 25.8 Å². The Hall–Kier alpha value is -0.960. The van der Waals surface area contributed by atoms with E-state index in [2.05, 4.69) is 15.2 Å². The van der Waals surface area contributed by atoms with Gasteiger partial charge in [-0.1, -0.05) is 18.0 Å². The Bertz CT molecular complexity index is 462. The van der Waals surface area contributed by atoms with Crippen molar-refractivity contribution in [1.29, 1.82) is 0 Å². The zero-order valence-corrected chi connectivity index (χ0v) is 10.5. The first kappa shape index (κ1) is 10.0. The van der Waals surface area contributed by atoms with E-state index in [-0.39, 0.29) is 0 Å². The third-order valence-corrected chi connectivity index (χ3v) is 4.86. The molecule has 3 nitrogen and oxygen atoms in total. The minimum atomic E-state index is 0.656. The zero-order chi connectivity index (χ0) is 11.4. The molecule has 3 unspecified atom stereocenters. The number of aromatic nitrogens is 1. The standard InChI is InChI=1S/C13H16ClN3/c14-9-4-11-13(16-5-9)17-7-8-2-1-3-10(8)12(17)6-15-11/h4-5,8,10,12,15H,1-3,6-7H2. The number of pyridine rings is 1. The Labute approximate surface area is 106 Å². The normalized spacial score (nSPS) is 33.9. The second-order valence-corrected chi connectivity index (χ2v) is 5.92. The highest BCUT2D eigenvalue weighted by Crippen LogP contribution is 2.46. The Morgan fingerprint density at radius 2 is 2.35 bits per heavy atom. The van der Waals surface area contributed by atoms with E-state index in [1.807, 2.05) is 6.07 Å². The van der Waals surface area contributed by atoms with Crippen LogP contribution < -0.4 is 10.2 Å². The van der Waals surface area contributed by atoms with Crippen LogP contribution in [0.3, 0.4) is 0 Å². The lowest BCUT2D eigenvalue weighted by Crippen LogP contribution is -2.42.